The van der Waals surface area contributed by atoms with Gasteiger partial charge in [-0.1, -0.05) is 29.8 Å². The molecule has 0 heterocycles. The van der Waals surface area contributed by atoms with Gasteiger partial charge in [-0.25, -0.2) is 13.1 Å². The van der Waals surface area contributed by atoms with Gasteiger partial charge in [0.15, 0.2) is 0 Å². The molecule has 24 heavy (non-hydrogen) atoms. The van der Waals surface area contributed by atoms with Crippen molar-refractivity contribution in [3.8, 4) is 0 Å². The summed E-state index contributed by atoms with van der Waals surface area (Å²) in [6.45, 7) is 0. The fourth-order valence-corrected chi connectivity index (χ4v) is 5.16. The number of nitrogens with one attached hydrogen (secondary N) is 1. The van der Waals surface area contributed by atoms with Gasteiger partial charge >= 0.3 is 0 Å². The zero-order chi connectivity index (χ0) is 16.8. The van der Waals surface area contributed by atoms with Crippen LogP contribution in [-0.2, 0) is 28.4 Å². The average molecular weight is 362 g/mol. The molecule has 0 aliphatic heterocycles. The molecule has 5 heteroatoms. The predicted octanol–water partition coefficient (Wildman–Crippen LogP) is 4.19. The van der Waals surface area contributed by atoms with Gasteiger partial charge in [0.25, 0.3) is 0 Å². The van der Waals surface area contributed by atoms with Gasteiger partial charge in [-0.3, -0.25) is 0 Å². The molecule has 2 aromatic carbocycles. The summed E-state index contributed by atoms with van der Waals surface area (Å²) >= 11 is 5.94. The number of halogens is 1. The topological polar surface area (TPSA) is 46.2 Å². The Morgan fingerprint density at radius 1 is 0.917 bits per heavy atom. The summed E-state index contributed by atoms with van der Waals surface area (Å²) in [7, 11) is -3.53. The highest BCUT2D eigenvalue weighted by Gasteiger charge is 2.47. The highest BCUT2D eigenvalue weighted by molar-refractivity contribution is 7.89. The second-order valence-electron chi connectivity index (χ2n) is 6.83. The number of hydrogen-bond acceptors (Lipinski definition) is 2. The zero-order valence-corrected chi connectivity index (χ0v) is 15.0. The number of aryl methyl sites for hydroxylation is 2. The van der Waals surface area contributed by atoms with Crippen molar-refractivity contribution >= 4 is 21.6 Å². The van der Waals surface area contributed by atoms with Crippen LogP contribution in [0.2, 0.25) is 5.02 Å². The van der Waals surface area contributed by atoms with E-state index in [1.807, 2.05) is 36.4 Å². The molecule has 2 aliphatic carbocycles. The minimum Gasteiger partial charge on any atom is -0.207 e. The van der Waals surface area contributed by atoms with Crippen LogP contribution in [0.25, 0.3) is 0 Å². The van der Waals surface area contributed by atoms with Gasteiger partial charge in [0.05, 0.1) is 10.4 Å². The standard InChI is InChI=1S/C19H20ClNO2S/c20-17-8-6-16(7-9-17)19(11-12-19)21-24(22,23)18-10-5-14-3-1-2-4-15(14)13-18/h5-10,13,21H,1-4,11-12H2. The Labute approximate surface area is 148 Å². The van der Waals surface area contributed by atoms with E-state index in [4.69, 9.17) is 11.6 Å². The Bertz CT molecular complexity index is 871. The van der Waals surface area contributed by atoms with Crippen molar-refractivity contribution in [2.75, 3.05) is 0 Å². The van der Waals surface area contributed by atoms with Crippen molar-refractivity contribution in [1.82, 2.24) is 4.72 Å². The minimum absolute atomic E-state index is 0.378. The second-order valence-corrected chi connectivity index (χ2v) is 8.95. The van der Waals surface area contributed by atoms with E-state index in [2.05, 4.69) is 4.72 Å². The Morgan fingerprint density at radius 2 is 1.58 bits per heavy atom. The molecule has 2 aromatic rings. The van der Waals surface area contributed by atoms with Gasteiger partial charge in [0.1, 0.15) is 0 Å². The van der Waals surface area contributed by atoms with Crippen molar-refractivity contribution in [3.63, 3.8) is 0 Å². The summed E-state index contributed by atoms with van der Waals surface area (Å²) in [6.07, 6.45) is 5.99. The fourth-order valence-electron chi connectivity index (χ4n) is 3.54. The van der Waals surface area contributed by atoms with E-state index in [0.29, 0.717) is 9.92 Å². The molecular formula is C19H20ClNO2S. The van der Waals surface area contributed by atoms with Crippen LogP contribution >= 0.6 is 11.6 Å². The molecule has 1 N–H and O–H groups in total. The largest absolute Gasteiger partial charge is 0.241 e. The fraction of sp³-hybridized carbons (Fsp3) is 0.368. The van der Waals surface area contributed by atoms with Crippen molar-refractivity contribution in [2.24, 2.45) is 0 Å². The molecule has 0 amide bonds. The van der Waals surface area contributed by atoms with E-state index in [1.165, 1.54) is 17.5 Å². The summed E-state index contributed by atoms with van der Waals surface area (Å²) < 4.78 is 28.7. The highest BCUT2D eigenvalue weighted by atomic mass is 35.5. The lowest BCUT2D eigenvalue weighted by Crippen LogP contribution is -2.35. The normalized spacial score (nSPS) is 18.9. The molecule has 1 saturated carbocycles. The lowest BCUT2D eigenvalue weighted by Gasteiger charge is -2.20. The molecule has 1 fully saturated rings. The zero-order valence-electron chi connectivity index (χ0n) is 13.4. The summed E-state index contributed by atoms with van der Waals surface area (Å²) in [6, 6.07) is 13.0. The maximum absolute atomic E-state index is 12.9. The van der Waals surface area contributed by atoms with Crippen LogP contribution in [0.15, 0.2) is 47.4 Å². The second kappa shape index (κ2) is 5.87. The minimum atomic E-state index is -3.53. The van der Waals surface area contributed by atoms with Crippen LogP contribution < -0.4 is 4.72 Å². The average Bonchev–Trinajstić information content (AvgIpc) is 3.35. The molecule has 0 radical (unpaired) electrons. The summed E-state index contributed by atoms with van der Waals surface area (Å²) in [4.78, 5) is 0.378. The first-order valence-corrected chi connectivity index (χ1v) is 10.3. The monoisotopic (exact) mass is 361 g/mol. The Balaban J connectivity index is 1.62. The molecule has 0 unspecified atom stereocenters. The van der Waals surface area contributed by atoms with Crippen LogP contribution in [0.1, 0.15) is 42.4 Å². The van der Waals surface area contributed by atoms with Gasteiger partial charge in [-0.05, 0) is 79.5 Å². The molecule has 0 saturated heterocycles. The lowest BCUT2D eigenvalue weighted by molar-refractivity contribution is 0.551. The summed E-state index contributed by atoms with van der Waals surface area (Å²) in [5.74, 6) is 0. The van der Waals surface area contributed by atoms with Crippen molar-refractivity contribution < 1.29 is 8.42 Å². The van der Waals surface area contributed by atoms with Gasteiger partial charge in [0, 0.05) is 5.02 Å². The first-order chi connectivity index (χ1) is 11.5. The third-order valence-electron chi connectivity index (χ3n) is 5.11. The first-order valence-electron chi connectivity index (χ1n) is 8.40. The van der Waals surface area contributed by atoms with Crippen molar-refractivity contribution in [3.05, 3.63) is 64.2 Å². The van der Waals surface area contributed by atoms with Gasteiger partial charge in [-0.15, -0.1) is 0 Å². The quantitative estimate of drug-likeness (QED) is 0.887. The Kier molecular flexibility index (Phi) is 3.94. The van der Waals surface area contributed by atoms with Gasteiger partial charge in [-0.2, -0.15) is 0 Å². The summed E-state index contributed by atoms with van der Waals surface area (Å²) in [5, 5.41) is 0.659. The maximum Gasteiger partial charge on any atom is 0.241 e. The number of benzene rings is 2. The van der Waals surface area contributed by atoms with Gasteiger partial charge in [0.2, 0.25) is 10.0 Å². The van der Waals surface area contributed by atoms with Crippen LogP contribution in [0, 0.1) is 0 Å². The molecule has 0 atom stereocenters. The molecular weight excluding hydrogens is 342 g/mol. The number of fused-ring (bicyclic) bond motifs is 1. The smallest absolute Gasteiger partial charge is 0.207 e. The Hall–Kier alpha value is -1.36. The number of sulfonamides is 1. The molecule has 0 aromatic heterocycles. The molecule has 3 nitrogen and oxygen atoms in total. The lowest BCUT2D eigenvalue weighted by atomic mass is 9.92. The van der Waals surface area contributed by atoms with Crippen molar-refractivity contribution in [2.45, 2.75) is 49.0 Å². The maximum atomic E-state index is 12.9. The molecule has 126 valence electrons. The molecule has 4 rings (SSSR count). The van der Waals surface area contributed by atoms with Crippen molar-refractivity contribution in [1.29, 1.82) is 0 Å². The number of rotatable bonds is 4. The Morgan fingerprint density at radius 3 is 2.25 bits per heavy atom. The highest BCUT2D eigenvalue weighted by Crippen LogP contribution is 2.46. The third-order valence-corrected chi connectivity index (χ3v) is 6.89. The van der Waals surface area contributed by atoms with E-state index < -0.39 is 15.6 Å². The van der Waals surface area contributed by atoms with Crippen LogP contribution in [0.3, 0.4) is 0 Å². The van der Waals surface area contributed by atoms with E-state index in [9.17, 15) is 8.42 Å². The van der Waals surface area contributed by atoms with Crippen LogP contribution in [0.4, 0.5) is 0 Å². The van der Waals surface area contributed by atoms with E-state index in [0.717, 1.165) is 37.7 Å². The predicted molar refractivity (Wildman–Crippen MR) is 95.8 cm³/mol. The van der Waals surface area contributed by atoms with Crippen LogP contribution in [0.5, 0.6) is 0 Å². The SMILES string of the molecule is O=S(=O)(NC1(c2ccc(Cl)cc2)CC1)c1ccc2c(c1)CCCC2. The van der Waals surface area contributed by atoms with Gasteiger partial charge < -0.3 is 0 Å². The van der Waals surface area contributed by atoms with E-state index >= 15 is 0 Å². The van der Waals surface area contributed by atoms with E-state index in [-0.39, 0.29) is 0 Å². The molecule has 0 spiro atoms. The third kappa shape index (κ3) is 2.99. The molecule has 0 bridgehead atoms. The molecule has 2 aliphatic rings. The van der Waals surface area contributed by atoms with Crippen LogP contribution in [-0.4, -0.2) is 8.42 Å². The first kappa shape index (κ1) is 16.1. The summed E-state index contributed by atoms with van der Waals surface area (Å²) in [5.41, 5.74) is 2.98. The van der Waals surface area contributed by atoms with E-state index in [1.54, 1.807) is 6.07 Å². The number of hydrogen-bond donors (Lipinski definition) is 1.